The van der Waals surface area contributed by atoms with E-state index in [2.05, 4.69) is 223 Å². The number of rotatable bonds is 4. The number of hydrogen-bond acceptors (Lipinski definition) is 1. The molecular weight excluding hydrogens is 725 g/mol. The van der Waals surface area contributed by atoms with Crippen LogP contribution in [0.3, 0.4) is 0 Å². The maximum Gasteiger partial charge on any atom is 0.0731 e. The van der Waals surface area contributed by atoms with Crippen LogP contribution in [0.2, 0.25) is 0 Å². The SMILES string of the molecule is c1ccc(-c2cc(-c3cc4ccccc4c4c3-c3ccccc3C43c4ccccc4-c4ccccc43)cc(-c3ccc(-n4c5ccccc5c5ccccc54)cc3)n2)cc1. The molecular formula is C58H36N2. The molecule has 0 N–H and O–H groups in total. The Bertz CT molecular complexity index is 3440. The monoisotopic (exact) mass is 760 g/mol. The molecule has 2 nitrogen and oxygen atoms in total. The fourth-order valence-electron chi connectivity index (χ4n) is 10.8. The lowest BCUT2D eigenvalue weighted by molar-refractivity contribution is 0.801. The van der Waals surface area contributed by atoms with Gasteiger partial charge in [0.05, 0.1) is 27.8 Å². The lowest BCUT2D eigenvalue weighted by atomic mass is 9.69. The molecule has 0 saturated heterocycles. The van der Waals surface area contributed by atoms with Gasteiger partial charge in [0, 0.05) is 27.6 Å². The van der Waals surface area contributed by atoms with Gasteiger partial charge in [-0.25, -0.2) is 4.98 Å². The fourth-order valence-corrected chi connectivity index (χ4v) is 10.8. The van der Waals surface area contributed by atoms with Crippen molar-refractivity contribution in [2.24, 2.45) is 0 Å². The Morgan fingerprint density at radius 2 is 0.833 bits per heavy atom. The largest absolute Gasteiger partial charge is 0.309 e. The van der Waals surface area contributed by atoms with E-state index >= 15 is 0 Å². The van der Waals surface area contributed by atoms with Crippen LogP contribution < -0.4 is 0 Å². The molecule has 0 aliphatic heterocycles. The first-order valence-corrected chi connectivity index (χ1v) is 20.8. The van der Waals surface area contributed by atoms with Crippen molar-refractivity contribution in [1.82, 2.24) is 9.55 Å². The molecule has 0 bridgehead atoms. The zero-order valence-corrected chi connectivity index (χ0v) is 32.7. The molecule has 2 aliphatic rings. The van der Waals surface area contributed by atoms with Gasteiger partial charge in [0.15, 0.2) is 0 Å². The van der Waals surface area contributed by atoms with Crippen LogP contribution in [0.15, 0.2) is 218 Å². The van der Waals surface area contributed by atoms with E-state index in [-0.39, 0.29) is 0 Å². The number of pyridine rings is 1. The second-order valence-electron chi connectivity index (χ2n) is 16.2. The van der Waals surface area contributed by atoms with Crippen LogP contribution in [0.4, 0.5) is 0 Å². The van der Waals surface area contributed by atoms with E-state index in [1.807, 2.05) is 0 Å². The van der Waals surface area contributed by atoms with E-state index in [1.165, 1.54) is 82.6 Å². The van der Waals surface area contributed by atoms with Gasteiger partial charge < -0.3 is 4.57 Å². The summed E-state index contributed by atoms with van der Waals surface area (Å²) in [4.78, 5) is 5.42. The highest BCUT2D eigenvalue weighted by Gasteiger charge is 2.53. The molecule has 9 aromatic carbocycles. The number of benzene rings is 9. The molecule has 278 valence electrons. The summed E-state index contributed by atoms with van der Waals surface area (Å²) in [7, 11) is 0. The minimum atomic E-state index is -0.463. The van der Waals surface area contributed by atoms with Gasteiger partial charge in [0.25, 0.3) is 0 Å². The summed E-state index contributed by atoms with van der Waals surface area (Å²) in [5.74, 6) is 0. The first kappa shape index (κ1) is 33.2. The molecule has 0 fully saturated rings. The van der Waals surface area contributed by atoms with Crippen LogP contribution in [-0.2, 0) is 5.41 Å². The Balaban J connectivity index is 1.07. The van der Waals surface area contributed by atoms with Crippen LogP contribution in [0.1, 0.15) is 22.3 Å². The number of nitrogens with zero attached hydrogens (tertiary/aromatic N) is 2. The third-order valence-corrected chi connectivity index (χ3v) is 13.2. The Morgan fingerprint density at radius 3 is 1.47 bits per heavy atom. The summed E-state index contributed by atoms with van der Waals surface area (Å²) >= 11 is 0. The summed E-state index contributed by atoms with van der Waals surface area (Å²) in [6.45, 7) is 0. The molecule has 2 heterocycles. The van der Waals surface area contributed by atoms with Gasteiger partial charge in [-0.05, 0) is 109 Å². The summed E-state index contributed by atoms with van der Waals surface area (Å²) in [5.41, 5.74) is 20.1. The first-order valence-electron chi connectivity index (χ1n) is 20.8. The quantitative estimate of drug-likeness (QED) is 0.175. The standard InChI is InChI=1S/C58H36N2/c1-2-16-37(17-3-1)52-35-40(36-53(59-52)38-30-32-41(33-31-38)60-54-28-14-9-22-45(54)46-23-10-15-29-55(46)60)48-34-39-18-4-5-19-42(39)57-56(48)47-24-8-13-27-51(47)58(57)49-25-11-6-20-43(49)44-21-7-12-26-50(44)58/h1-36H. The molecule has 0 unspecified atom stereocenters. The van der Waals surface area contributed by atoms with Crippen LogP contribution in [-0.4, -0.2) is 9.55 Å². The highest BCUT2D eigenvalue weighted by molar-refractivity contribution is 6.10. The summed E-state index contributed by atoms with van der Waals surface area (Å²) < 4.78 is 2.37. The summed E-state index contributed by atoms with van der Waals surface area (Å²) in [6, 6.07) is 80.3. The number of fused-ring (bicyclic) bond motifs is 15. The predicted octanol–water partition coefficient (Wildman–Crippen LogP) is 14.7. The van der Waals surface area contributed by atoms with Gasteiger partial charge in [0.1, 0.15) is 0 Å². The Labute approximate surface area is 348 Å². The second kappa shape index (κ2) is 12.6. The molecule has 13 rings (SSSR count). The van der Waals surface area contributed by atoms with Crippen molar-refractivity contribution in [2.75, 3.05) is 0 Å². The van der Waals surface area contributed by atoms with E-state index < -0.39 is 5.41 Å². The molecule has 2 aliphatic carbocycles. The highest BCUT2D eigenvalue weighted by Crippen LogP contribution is 2.65. The molecule has 11 aromatic rings. The molecule has 0 saturated carbocycles. The summed E-state index contributed by atoms with van der Waals surface area (Å²) in [5, 5.41) is 5.04. The Hall–Kier alpha value is -7.81. The maximum atomic E-state index is 5.42. The highest BCUT2D eigenvalue weighted by atomic mass is 15.0. The van der Waals surface area contributed by atoms with E-state index in [0.717, 1.165) is 33.8 Å². The van der Waals surface area contributed by atoms with Crippen molar-refractivity contribution >= 4 is 32.6 Å². The van der Waals surface area contributed by atoms with E-state index in [0.29, 0.717) is 0 Å². The van der Waals surface area contributed by atoms with E-state index in [9.17, 15) is 0 Å². The van der Waals surface area contributed by atoms with Crippen LogP contribution >= 0.6 is 0 Å². The smallest absolute Gasteiger partial charge is 0.0731 e. The third kappa shape index (κ3) is 4.50. The third-order valence-electron chi connectivity index (χ3n) is 13.2. The van der Waals surface area contributed by atoms with Gasteiger partial charge in [-0.1, -0.05) is 176 Å². The molecule has 60 heavy (non-hydrogen) atoms. The first-order chi connectivity index (χ1) is 29.8. The molecule has 1 spiro atoms. The fraction of sp³-hybridized carbons (Fsp3) is 0.0172. The van der Waals surface area contributed by atoms with Gasteiger partial charge in [0.2, 0.25) is 0 Å². The van der Waals surface area contributed by atoms with E-state index in [4.69, 9.17) is 4.98 Å². The van der Waals surface area contributed by atoms with Gasteiger partial charge in [-0.15, -0.1) is 0 Å². The number of para-hydroxylation sites is 2. The van der Waals surface area contributed by atoms with Gasteiger partial charge in [-0.2, -0.15) is 0 Å². The van der Waals surface area contributed by atoms with E-state index in [1.54, 1.807) is 0 Å². The Kier molecular flexibility index (Phi) is 6.97. The second-order valence-corrected chi connectivity index (χ2v) is 16.2. The normalized spacial score (nSPS) is 13.1. The summed E-state index contributed by atoms with van der Waals surface area (Å²) in [6.07, 6.45) is 0. The average molecular weight is 761 g/mol. The van der Waals surface area contributed by atoms with Crippen molar-refractivity contribution in [3.05, 3.63) is 241 Å². The molecule has 2 aromatic heterocycles. The average Bonchev–Trinajstić information content (AvgIpc) is 3.94. The van der Waals surface area contributed by atoms with Gasteiger partial charge >= 0.3 is 0 Å². The van der Waals surface area contributed by atoms with Crippen molar-refractivity contribution < 1.29 is 0 Å². The van der Waals surface area contributed by atoms with Crippen LogP contribution in [0, 0.1) is 0 Å². The van der Waals surface area contributed by atoms with Crippen molar-refractivity contribution in [3.63, 3.8) is 0 Å². The molecule has 2 heteroatoms. The van der Waals surface area contributed by atoms with Gasteiger partial charge in [-0.3, -0.25) is 0 Å². The minimum absolute atomic E-state index is 0.463. The van der Waals surface area contributed by atoms with Crippen LogP contribution in [0.25, 0.3) is 94.2 Å². The van der Waals surface area contributed by atoms with Crippen LogP contribution in [0.5, 0.6) is 0 Å². The number of hydrogen-bond donors (Lipinski definition) is 0. The lowest BCUT2D eigenvalue weighted by Crippen LogP contribution is -2.26. The van der Waals surface area contributed by atoms with Crippen molar-refractivity contribution in [1.29, 1.82) is 0 Å². The lowest BCUT2D eigenvalue weighted by Gasteiger charge is -2.31. The molecule has 0 atom stereocenters. The zero-order chi connectivity index (χ0) is 39.4. The maximum absolute atomic E-state index is 5.42. The predicted molar refractivity (Wildman–Crippen MR) is 249 cm³/mol. The molecule has 0 amide bonds. The molecule has 0 radical (unpaired) electrons. The number of aromatic nitrogens is 2. The van der Waals surface area contributed by atoms with Crippen molar-refractivity contribution in [2.45, 2.75) is 5.41 Å². The topological polar surface area (TPSA) is 17.8 Å². The minimum Gasteiger partial charge on any atom is -0.309 e. The van der Waals surface area contributed by atoms with Crippen molar-refractivity contribution in [3.8, 4) is 61.6 Å². The Morgan fingerprint density at radius 1 is 0.350 bits per heavy atom. The zero-order valence-electron chi connectivity index (χ0n) is 32.7.